The summed E-state index contributed by atoms with van der Waals surface area (Å²) in [4.78, 5) is 26.2. The van der Waals surface area contributed by atoms with Crippen LogP contribution in [0.25, 0.3) is 5.65 Å². The first-order valence-corrected chi connectivity index (χ1v) is 5.49. The Morgan fingerprint density at radius 1 is 1.50 bits per heavy atom. The smallest absolute Gasteiger partial charge is 0.305 e. The van der Waals surface area contributed by atoms with Crippen molar-refractivity contribution in [3.8, 4) is 0 Å². The Bertz CT molecular complexity index is 542. The van der Waals surface area contributed by atoms with Crippen molar-refractivity contribution in [3.63, 3.8) is 0 Å². The Labute approximate surface area is 103 Å². The van der Waals surface area contributed by atoms with Crippen LogP contribution in [0.4, 0.5) is 0 Å². The average Bonchev–Trinajstić information content (AvgIpc) is 2.70. The molecule has 94 valence electrons. The summed E-state index contributed by atoms with van der Waals surface area (Å²) in [5.74, 6) is -1.26. The fourth-order valence-electron chi connectivity index (χ4n) is 1.77. The predicted octanol–water partition coefficient (Wildman–Crippen LogP) is 0.986. The van der Waals surface area contributed by atoms with Gasteiger partial charge in [0, 0.05) is 19.3 Å². The van der Waals surface area contributed by atoms with Crippen LogP contribution in [-0.2, 0) is 9.59 Å². The fourth-order valence-corrected chi connectivity index (χ4v) is 1.77. The number of nitrogens with one attached hydrogen (secondary N) is 1. The summed E-state index contributed by atoms with van der Waals surface area (Å²) in [6, 6.07) is 4.90. The summed E-state index contributed by atoms with van der Waals surface area (Å²) in [6.07, 6.45) is 3.35. The molecule has 0 aliphatic heterocycles. The molecule has 0 aliphatic rings. The molecule has 2 aromatic rings. The van der Waals surface area contributed by atoms with Gasteiger partial charge in [-0.3, -0.25) is 9.59 Å². The van der Waals surface area contributed by atoms with Gasteiger partial charge in [-0.05, 0) is 12.1 Å². The lowest BCUT2D eigenvalue weighted by Gasteiger charge is -2.12. The van der Waals surface area contributed by atoms with Gasteiger partial charge < -0.3 is 14.8 Å². The van der Waals surface area contributed by atoms with Gasteiger partial charge >= 0.3 is 5.97 Å². The van der Waals surface area contributed by atoms with Crippen molar-refractivity contribution in [2.24, 2.45) is 0 Å². The first kappa shape index (κ1) is 12.1. The summed E-state index contributed by atoms with van der Waals surface area (Å²) in [7, 11) is 0. The highest BCUT2D eigenvalue weighted by Crippen LogP contribution is 2.16. The van der Waals surface area contributed by atoms with Gasteiger partial charge in [-0.1, -0.05) is 6.07 Å². The Balaban J connectivity index is 2.33. The second-order valence-electron chi connectivity index (χ2n) is 3.98. The number of imidazole rings is 1. The van der Waals surface area contributed by atoms with Crippen LogP contribution in [0.2, 0.25) is 0 Å². The molecule has 1 amide bonds. The van der Waals surface area contributed by atoms with Crippen LogP contribution in [0.15, 0.2) is 30.6 Å². The maximum Gasteiger partial charge on any atom is 0.305 e. The lowest BCUT2D eigenvalue weighted by atomic mass is 10.1. The third kappa shape index (κ3) is 2.65. The minimum absolute atomic E-state index is 0.191. The number of aliphatic carboxylic acids is 1. The van der Waals surface area contributed by atoms with Gasteiger partial charge in [0.05, 0.1) is 18.2 Å². The highest BCUT2D eigenvalue weighted by Gasteiger charge is 2.19. The molecular formula is C12H13N3O3. The van der Waals surface area contributed by atoms with Crippen molar-refractivity contribution >= 4 is 17.5 Å². The fraction of sp³-hybridized carbons (Fsp3) is 0.250. The van der Waals surface area contributed by atoms with E-state index in [0.717, 1.165) is 0 Å². The predicted molar refractivity (Wildman–Crippen MR) is 64.0 cm³/mol. The lowest BCUT2D eigenvalue weighted by Crippen LogP contribution is -2.28. The molecule has 0 aromatic carbocycles. The highest BCUT2D eigenvalue weighted by molar-refractivity contribution is 5.75. The Morgan fingerprint density at radius 2 is 2.28 bits per heavy atom. The van der Waals surface area contributed by atoms with E-state index in [9.17, 15) is 9.59 Å². The average molecular weight is 247 g/mol. The number of amides is 1. The maximum absolute atomic E-state index is 11.1. The van der Waals surface area contributed by atoms with E-state index in [1.807, 2.05) is 24.4 Å². The monoisotopic (exact) mass is 247 g/mol. The zero-order valence-corrected chi connectivity index (χ0v) is 9.83. The molecule has 0 aliphatic carbocycles. The van der Waals surface area contributed by atoms with E-state index in [0.29, 0.717) is 11.3 Å². The Hall–Kier alpha value is -2.37. The maximum atomic E-state index is 11.1. The van der Waals surface area contributed by atoms with Gasteiger partial charge in [0.15, 0.2) is 0 Å². The molecule has 1 unspecified atom stereocenters. The molecule has 6 nitrogen and oxygen atoms in total. The second-order valence-corrected chi connectivity index (χ2v) is 3.98. The quantitative estimate of drug-likeness (QED) is 0.843. The zero-order valence-electron chi connectivity index (χ0n) is 9.83. The minimum atomic E-state index is -0.981. The summed E-state index contributed by atoms with van der Waals surface area (Å²) in [5, 5.41) is 11.4. The van der Waals surface area contributed by atoms with Gasteiger partial charge in [0.1, 0.15) is 5.65 Å². The van der Waals surface area contributed by atoms with Crippen molar-refractivity contribution < 1.29 is 14.7 Å². The van der Waals surface area contributed by atoms with E-state index in [2.05, 4.69) is 10.3 Å². The topological polar surface area (TPSA) is 83.7 Å². The number of rotatable bonds is 4. The molecule has 0 radical (unpaired) electrons. The molecule has 6 heteroatoms. The number of carbonyl (C=O) groups excluding carboxylic acids is 1. The van der Waals surface area contributed by atoms with Gasteiger partial charge in [-0.25, -0.2) is 4.98 Å². The van der Waals surface area contributed by atoms with Crippen LogP contribution in [0, 0.1) is 0 Å². The van der Waals surface area contributed by atoms with E-state index in [1.165, 1.54) is 6.92 Å². The van der Waals surface area contributed by atoms with Crippen LogP contribution in [0.1, 0.15) is 25.1 Å². The van der Waals surface area contributed by atoms with Crippen molar-refractivity contribution in [3.05, 3.63) is 36.3 Å². The molecule has 2 heterocycles. The zero-order chi connectivity index (χ0) is 13.1. The molecule has 1 atom stereocenters. The van der Waals surface area contributed by atoms with Crippen LogP contribution < -0.4 is 5.32 Å². The molecular weight excluding hydrogens is 234 g/mol. The molecule has 0 bridgehead atoms. The number of carboxylic acids is 1. The van der Waals surface area contributed by atoms with Gasteiger partial charge in [0.2, 0.25) is 5.91 Å². The molecule has 0 fully saturated rings. The number of hydrogen-bond donors (Lipinski definition) is 2. The van der Waals surface area contributed by atoms with E-state index < -0.39 is 12.0 Å². The second kappa shape index (κ2) is 4.87. The van der Waals surface area contributed by atoms with Crippen LogP contribution in [-0.4, -0.2) is 26.4 Å². The molecule has 2 rings (SSSR count). The standard InChI is InChI=1S/C12H13N3O3/c1-8(16)13-9(6-12(17)18)10-7-15-5-3-2-4-11(15)14-10/h2-5,7,9H,6H2,1H3,(H,13,16)(H,17,18). The summed E-state index contributed by atoms with van der Waals surface area (Å²) in [5.41, 5.74) is 1.26. The van der Waals surface area contributed by atoms with Gasteiger partial charge in [0.25, 0.3) is 0 Å². The van der Waals surface area contributed by atoms with Crippen molar-refractivity contribution in [2.45, 2.75) is 19.4 Å². The highest BCUT2D eigenvalue weighted by atomic mass is 16.4. The number of carboxylic acid groups (broad SMARTS) is 1. The van der Waals surface area contributed by atoms with E-state index in [1.54, 1.807) is 10.6 Å². The summed E-state index contributed by atoms with van der Waals surface area (Å²) < 4.78 is 1.78. The lowest BCUT2D eigenvalue weighted by molar-refractivity contribution is -0.137. The first-order valence-electron chi connectivity index (χ1n) is 5.49. The number of fused-ring (bicyclic) bond motifs is 1. The SMILES string of the molecule is CC(=O)NC(CC(=O)O)c1cn2ccccc2n1. The number of nitrogens with zero attached hydrogens (tertiary/aromatic N) is 2. The van der Waals surface area contributed by atoms with Crippen LogP contribution in [0.3, 0.4) is 0 Å². The molecule has 0 saturated heterocycles. The summed E-state index contributed by atoms with van der Waals surface area (Å²) >= 11 is 0. The largest absolute Gasteiger partial charge is 0.481 e. The molecule has 18 heavy (non-hydrogen) atoms. The van der Waals surface area contributed by atoms with E-state index in [4.69, 9.17) is 5.11 Å². The minimum Gasteiger partial charge on any atom is -0.481 e. The van der Waals surface area contributed by atoms with Crippen LogP contribution >= 0.6 is 0 Å². The molecule has 0 spiro atoms. The number of carbonyl (C=O) groups is 2. The Kier molecular flexibility index (Phi) is 3.27. The first-order chi connectivity index (χ1) is 8.56. The summed E-state index contributed by atoms with van der Waals surface area (Å²) in [6.45, 7) is 1.35. The number of hydrogen-bond acceptors (Lipinski definition) is 3. The molecule has 2 aromatic heterocycles. The third-order valence-electron chi connectivity index (χ3n) is 2.50. The Morgan fingerprint density at radius 3 is 2.89 bits per heavy atom. The van der Waals surface area contributed by atoms with E-state index >= 15 is 0 Å². The number of aromatic nitrogens is 2. The van der Waals surface area contributed by atoms with Gasteiger partial charge in [-0.15, -0.1) is 0 Å². The molecule has 2 N–H and O–H groups in total. The van der Waals surface area contributed by atoms with Crippen molar-refractivity contribution in [1.29, 1.82) is 0 Å². The third-order valence-corrected chi connectivity index (χ3v) is 2.50. The molecule has 0 saturated carbocycles. The van der Waals surface area contributed by atoms with Gasteiger partial charge in [-0.2, -0.15) is 0 Å². The van der Waals surface area contributed by atoms with Crippen molar-refractivity contribution in [1.82, 2.24) is 14.7 Å². The normalized spacial score (nSPS) is 12.3. The number of pyridine rings is 1. The van der Waals surface area contributed by atoms with Crippen molar-refractivity contribution in [2.75, 3.05) is 0 Å². The van der Waals surface area contributed by atoms with E-state index in [-0.39, 0.29) is 12.3 Å². The van der Waals surface area contributed by atoms with Crippen LogP contribution in [0.5, 0.6) is 0 Å².